The second kappa shape index (κ2) is 9.24. The molecule has 2 amide bonds. The monoisotopic (exact) mass is 448 g/mol. The molecule has 2 N–H and O–H groups in total. The number of hydrazone groups is 1. The Labute approximate surface area is 191 Å². The molecule has 7 heteroatoms. The number of aryl methyl sites for hydroxylation is 1. The Morgan fingerprint density at radius 1 is 1.09 bits per heavy atom. The minimum atomic E-state index is -0.810. The van der Waals surface area contributed by atoms with Crippen LogP contribution in [0.2, 0.25) is 5.02 Å². The molecular formula is C25H23ClN3O3+. The molecule has 0 unspecified atom stereocenters. The van der Waals surface area contributed by atoms with Crippen molar-refractivity contribution < 1.29 is 19.0 Å². The second-order valence-corrected chi connectivity index (χ2v) is 8.01. The molecule has 4 rings (SSSR count). The molecule has 1 fully saturated rings. The van der Waals surface area contributed by atoms with Gasteiger partial charge in [-0.2, -0.15) is 0 Å². The van der Waals surface area contributed by atoms with Gasteiger partial charge in [-0.05, 0) is 43.3 Å². The predicted octanol–water partition coefficient (Wildman–Crippen LogP) is 3.67. The van der Waals surface area contributed by atoms with Crippen LogP contribution >= 0.6 is 11.6 Å². The SMILES string of the molecule is COc1ccccc1/C=[N+]1/NC(=O)[C@H](NC(=O)c2cccc(C)c2)[C@H]1c1ccc(Cl)cc1. The van der Waals surface area contributed by atoms with E-state index in [1.165, 1.54) is 0 Å². The summed E-state index contributed by atoms with van der Waals surface area (Å²) in [5.41, 5.74) is 5.96. The van der Waals surface area contributed by atoms with Gasteiger partial charge in [0, 0.05) is 16.1 Å². The lowest BCUT2D eigenvalue weighted by Gasteiger charge is -2.15. The van der Waals surface area contributed by atoms with E-state index in [1.54, 1.807) is 42.3 Å². The number of methoxy groups -OCH3 is 1. The Kier molecular flexibility index (Phi) is 6.23. The summed E-state index contributed by atoms with van der Waals surface area (Å²) in [4.78, 5) is 25.9. The number of amides is 2. The summed E-state index contributed by atoms with van der Waals surface area (Å²) in [5.74, 6) is 0.0490. The number of hydrazine groups is 1. The fraction of sp³-hybridized carbons (Fsp3) is 0.160. The van der Waals surface area contributed by atoms with Crippen LogP contribution in [0.15, 0.2) is 72.8 Å². The first-order chi connectivity index (χ1) is 15.5. The number of nitrogens with one attached hydrogen (secondary N) is 2. The molecule has 1 heterocycles. The van der Waals surface area contributed by atoms with E-state index < -0.39 is 12.1 Å². The Balaban J connectivity index is 1.73. The lowest BCUT2D eigenvalue weighted by atomic mass is 9.99. The highest BCUT2D eigenvalue weighted by molar-refractivity contribution is 6.30. The van der Waals surface area contributed by atoms with E-state index in [1.807, 2.05) is 55.5 Å². The van der Waals surface area contributed by atoms with Crippen LogP contribution in [-0.4, -0.2) is 35.9 Å². The largest absolute Gasteiger partial charge is 0.496 e. The number of carbonyl (C=O) groups excluding carboxylic acids is 2. The van der Waals surface area contributed by atoms with E-state index >= 15 is 0 Å². The van der Waals surface area contributed by atoms with E-state index in [9.17, 15) is 9.59 Å². The predicted molar refractivity (Wildman–Crippen MR) is 123 cm³/mol. The Hall–Kier alpha value is -3.64. The number of rotatable bonds is 5. The molecule has 0 aromatic heterocycles. The first-order valence-corrected chi connectivity index (χ1v) is 10.5. The number of ether oxygens (including phenoxy) is 1. The van der Waals surface area contributed by atoms with Crippen molar-refractivity contribution in [1.29, 1.82) is 0 Å². The zero-order chi connectivity index (χ0) is 22.7. The standard InChI is InChI=1S/C25H22ClN3O3/c1-16-6-5-8-18(14-16)24(30)27-22-23(17-10-12-20(26)13-11-17)29(28-25(22)31)15-19-7-3-4-9-21(19)32-2/h3-15,22-23H,1-2H3,(H-,27,28,30,31)/p+1/b29-15+/t22-,23-/m1/s1. The van der Waals surface area contributed by atoms with Crippen molar-refractivity contribution in [2.75, 3.05) is 7.11 Å². The molecule has 6 nitrogen and oxygen atoms in total. The zero-order valence-electron chi connectivity index (χ0n) is 17.7. The number of para-hydroxylation sites is 1. The minimum absolute atomic E-state index is 0.308. The van der Waals surface area contributed by atoms with E-state index in [-0.39, 0.29) is 11.8 Å². The van der Waals surface area contributed by atoms with Gasteiger partial charge in [-0.1, -0.05) is 53.6 Å². The summed E-state index contributed by atoms with van der Waals surface area (Å²) in [6.07, 6.45) is 1.80. The number of halogens is 1. The van der Waals surface area contributed by atoms with Gasteiger partial charge in [-0.15, -0.1) is 10.1 Å². The lowest BCUT2D eigenvalue weighted by molar-refractivity contribution is -0.596. The van der Waals surface area contributed by atoms with Crippen molar-refractivity contribution in [2.45, 2.75) is 19.0 Å². The number of hydrogen-bond donors (Lipinski definition) is 2. The third-order valence-corrected chi connectivity index (χ3v) is 5.58. The smallest absolute Gasteiger partial charge is 0.304 e. The van der Waals surface area contributed by atoms with Crippen LogP contribution in [0, 0.1) is 6.92 Å². The molecule has 0 bridgehead atoms. The Morgan fingerprint density at radius 2 is 1.84 bits per heavy atom. The first kappa shape index (κ1) is 21.6. The van der Waals surface area contributed by atoms with Crippen LogP contribution in [0.3, 0.4) is 0 Å². The molecule has 1 aliphatic heterocycles. The van der Waals surface area contributed by atoms with Crippen molar-refractivity contribution in [2.24, 2.45) is 0 Å². The maximum absolute atomic E-state index is 13.0. The maximum atomic E-state index is 13.0. The van der Waals surface area contributed by atoms with Crippen molar-refractivity contribution in [3.63, 3.8) is 0 Å². The number of benzene rings is 3. The van der Waals surface area contributed by atoms with Crippen LogP contribution in [0.4, 0.5) is 0 Å². The van der Waals surface area contributed by atoms with Gasteiger partial charge in [0.05, 0.1) is 12.7 Å². The number of carbonyl (C=O) groups is 2. The fourth-order valence-electron chi connectivity index (χ4n) is 3.77. The van der Waals surface area contributed by atoms with Crippen LogP contribution in [0.5, 0.6) is 5.75 Å². The van der Waals surface area contributed by atoms with Gasteiger partial charge in [-0.3, -0.25) is 9.59 Å². The molecule has 3 aromatic rings. The van der Waals surface area contributed by atoms with Gasteiger partial charge in [-0.25, -0.2) is 0 Å². The van der Waals surface area contributed by atoms with Gasteiger partial charge < -0.3 is 10.1 Å². The van der Waals surface area contributed by atoms with Crippen LogP contribution in [-0.2, 0) is 4.79 Å². The highest BCUT2D eigenvalue weighted by Crippen LogP contribution is 2.27. The third kappa shape index (κ3) is 4.50. The Bertz CT molecular complexity index is 1190. The van der Waals surface area contributed by atoms with Crippen molar-refractivity contribution in [3.8, 4) is 5.75 Å². The van der Waals surface area contributed by atoms with Crippen molar-refractivity contribution in [3.05, 3.63) is 100 Å². The van der Waals surface area contributed by atoms with Crippen LogP contribution < -0.4 is 15.5 Å². The third-order valence-electron chi connectivity index (χ3n) is 5.33. The molecular weight excluding hydrogens is 426 g/mol. The van der Waals surface area contributed by atoms with E-state index in [4.69, 9.17) is 16.3 Å². The summed E-state index contributed by atoms with van der Waals surface area (Å²) in [7, 11) is 1.59. The molecule has 0 spiro atoms. The molecule has 162 valence electrons. The van der Waals surface area contributed by atoms with E-state index in [2.05, 4.69) is 10.7 Å². The van der Waals surface area contributed by atoms with Gasteiger partial charge in [0.25, 0.3) is 5.91 Å². The summed E-state index contributed by atoms with van der Waals surface area (Å²) in [6, 6.07) is 20.7. The maximum Gasteiger partial charge on any atom is 0.304 e. The average molecular weight is 449 g/mol. The summed E-state index contributed by atoms with van der Waals surface area (Å²) in [6.45, 7) is 1.92. The summed E-state index contributed by atoms with van der Waals surface area (Å²) >= 11 is 6.08. The molecule has 32 heavy (non-hydrogen) atoms. The topological polar surface area (TPSA) is 70.4 Å². The Morgan fingerprint density at radius 3 is 2.56 bits per heavy atom. The van der Waals surface area contributed by atoms with Gasteiger partial charge >= 0.3 is 5.91 Å². The molecule has 3 aromatic carbocycles. The lowest BCUT2D eigenvalue weighted by Crippen LogP contribution is -2.42. The molecule has 0 saturated carbocycles. The highest BCUT2D eigenvalue weighted by Gasteiger charge is 2.47. The molecule has 1 saturated heterocycles. The summed E-state index contributed by atoms with van der Waals surface area (Å²) in [5, 5.41) is 3.49. The first-order valence-electron chi connectivity index (χ1n) is 10.2. The fourth-order valence-corrected chi connectivity index (χ4v) is 3.90. The molecule has 2 atom stereocenters. The number of nitrogens with zero attached hydrogens (tertiary/aromatic N) is 1. The van der Waals surface area contributed by atoms with E-state index in [0.717, 1.165) is 16.7 Å². The number of hydrogen-bond acceptors (Lipinski definition) is 3. The second-order valence-electron chi connectivity index (χ2n) is 7.57. The average Bonchev–Trinajstić information content (AvgIpc) is 3.09. The zero-order valence-corrected chi connectivity index (χ0v) is 18.5. The minimum Gasteiger partial charge on any atom is -0.496 e. The molecule has 1 aliphatic rings. The van der Waals surface area contributed by atoms with Crippen molar-refractivity contribution in [1.82, 2.24) is 10.7 Å². The summed E-state index contributed by atoms with van der Waals surface area (Å²) < 4.78 is 7.14. The highest BCUT2D eigenvalue weighted by atomic mass is 35.5. The van der Waals surface area contributed by atoms with Gasteiger partial charge in [0.2, 0.25) is 12.3 Å². The van der Waals surface area contributed by atoms with E-state index in [0.29, 0.717) is 16.3 Å². The normalized spacial score (nSPS) is 19.0. The van der Waals surface area contributed by atoms with Gasteiger partial charge in [0.1, 0.15) is 5.75 Å². The van der Waals surface area contributed by atoms with Crippen molar-refractivity contribution >= 4 is 29.6 Å². The van der Waals surface area contributed by atoms with Crippen LogP contribution in [0.25, 0.3) is 0 Å². The van der Waals surface area contributed by atoms with Gasteiger partial charge in [0.15, 0.2) is 6.04 Å². The van der Waals surface area contributed by atoms with Crippen LogP contribution in [0.1, 0.15) is 33.1 Å². The molecule has 0 radical (unpaired) electrons. The molecule has 0 aliphatic carbocycles. The quantitative estimate of drug-likeness (QED) is 0.585.